The maximum atomic E-state index is 6.12. The highest BCUT2D eigenvalue weighted by molar-refractivity contribution is 7.98. The van der Waals surface area contributed by atoms with Gasteiger partial charge in [0, 0.05) is 5.38 Å². The Morgan fingerprint density at radius 3 is 2.92 bits per heavy atom. The summed E-state index contributed by atoms with van der Waals surface area (Å²) in [4.78, 5) is 0. The molecule has 2 atom stereocenters. The largest absolute Gasteiger partial charge is 0.165 e. The smallest absolute Gasteiger partial charge is 0.0338 e. The molecule has 0 N–H and O–H groups in total. The van der Waals surface area contributed by atoms with Gasteiger partial charge in [0.05, 0.1) is 0 Å². The van der Waals surface area contributed by atoms with E-state index in [1.807, 2.05) is 11.8 Å². The molecule has 0 amide bonds. The Morgan fingerprint density at radius 1 is 1.42 bits per heavy atom. The van der Waals surface area contributed by atoms with Crippen molar-refractivity contribution in [2.24, 2.45) is 5.92 Å². The van der Waals surface area contributed by atoms with E-state index in [1.165, 1.54) is 44.3 Å². The molecular formula is C10H19ClS. The highest BCUT2D eigenvalue weighted by atomic mass is 35.5. The van der Waals surface area contributed by atoms with E-state index in [9.17, 15) is 0 Å². The fourth-order valence-electron chi connectivity index (χ4n) is 2.00. The van der Waals surface area contributed by atoms with Crippen LogP contribution in [0, 0.1) is 5.92 Å². The van der Waals surface area contributed by atoms with E-state index in [0.29, 0.717) is 5.38 Å². The molecule has 1 aliphatic carbocycles. The van der Waals surface area contributed by atoms with Gasteiger partial charge in [-0.15, -0.1) is 11.6 Å². The van der Waals surface area contributed by atoms with E-state index in [0.717, 1.165) is 5.92 Å². The van der Waals surface area contributed by atoms with Crippen LogP contribution in [0.25, 0.3) is 0 Å². The zero-order valence-electron chi connectivity index (χ0n) is 7.89. The van der Waals surface area contributed by atoms with Crippen molar-refractivity contribution < 1.29 is 0 Å². The first kappa shape index (κ1) is 10.7. The lowest BCUT2D eigenvalue weighted by Gasteiger charge is -2.25. The van der Waals surface area contributed by atoms with Gasteiger partial charge in [-0.2, -0.15) is 11.8 Å². The van der Waals surface area contributed by atoms with Crippen LogP contribution in [-0.2, 0) is 0 Å². The van der Waals surface area contributed by atoms with Crippen molar-refractivity contribution >= 4 is 23.4 Å². The van der Waals surface area contributed by atoms with Gasteiger partial charge in [-0.05, 0) is 43.6 Å². The standard InChI is InChI=1S/C10H19ClS/c1-12-7-3-5-9-4-2-6-10(11)8-9/h9-10H,2-8H2,1H3. The van der Waals surface area contributed by atoms with Gasteiger partial charge in [0.2, 0.25) is 0 Å². The van der Waals surface area contributed by atoms with Gasteiger partial charge in [-0.25, -0.2) is 0 Å². The summed E-state index contributed by atoms with van der Waals surface area (Å²) >= 11 is 8.08. The third-order valence-electron chi connectivity index (χ3n) is 2.68. The molecule has 0 nitrogen and oxygen atoms in total. The fraction of sp³-hybridized carbons (Fsp3) is 1.00. The first-order valence-corrected chi connectivity index (χ1v) is 6.79. The van der Waals surface area contributed by atoms with E-state index >= 15 is 0 Å². The summed E-state index contributed by atoms with van der Waals surface area (Å²) in [5.74, 6) is 2.26. The van der Waals surface area contributed by atoms with E-state index in [4.69, 9.17) is 11.6 Å². The normalized spacial score (nSPS) is 30.5. The predicted octanol–water partition coefficient (Wildman–Crippen LogP) is 3.93. The van der Waals surface area contributed by atoms with Crippen molar-refractivity contribution in [1.82, 2.24) is 0 Å². The molecule has 72 valence electrons. The minimum Gasteiger partial charge on any atom is -0.165 e. The predicted molar refractivity (Wildman–Crippen MR) is 59.2 cm³/mol. The highest BCUT2D eigenvalue weighted by Gasteiger charge is 2.19. The Bertz CT molecular complexity index is 116. The van der Waals surface area contributed by atoms with Gasteiger partial charge >= 0.3 is 0 Å². The summed E-state index contributed by atoms with van der Waals surface area (Å²) in [7, 11) is 0. The van der Waals surface area contributed by atoms with Crippen molar-refractivity contribution in [2.45, 2.75) is 43.9 Å². The summed E-state index contributed by atoms with van der Waals surface area (Å²) in [6.07, 6.45) is 10.3. The molecule has 1 aliphatic rings. The quantitative estimate of drug-likeness (QED) is 0.496. The molecule has 2 heteroatoms. The van der Waals surface area contributed by atoms with Crippen LogP contribution in [0.2, 0.25) is 0 Å². The van der Waals surface area contributed by atoms with Gasteiger partial charge in [-0.1, -0.05) is 12.8 Å². The van der Waals surface area contributed by atoms with Crippen LogP contribution < -0.4 is 0 Å². The molecule has 0 saturated heterocycles. The zero-order valence-corrected chi connectivity index (χ0v) is 9.46. The summed E-state index contributed by atoms with van der Waals surface area (Å²) in [5, 5.41) is 0.484. The van der Waals surface area contributed by atoms with Crippen LogP contribution in [-0.4, -0.2) is 17.4 Å². The summed E-state index contributed by atoms with van der Waals surface area (Å²) in [6, 6.07) is 0. The zero-order chi connectivity index (χ0) is 8.81. The molecule has 0 bridgehead atoms. The van der Waals surface area contributed by atoms with Gasteiger partial charge in [0.15, 0.2) is 0 Å². The number of hydrogen-bond donors (Lipinski definition) is 0. The first-order valence-electron chi connectivity index (χ1n) is 4.96. The number of thioether (sulfide) groups is 1. The van der Waals surface area contributed by atoms with Crippen molar-refractivity contribution in [3.05, 3.63) is 0 Å². The Kier molecular flexibility index (Phi) is 5.49. The third-order valence-corrected chi connectivity index (χ3v) is 3.77. The average Bonchev–Trinajstić information content (AvgIpc) is 2.05. The second-order valence-electron chi connectivity index (χ2n) is 3.76. The van der Waals surface area contributed by atoms with Crippen molar-refractivity contribution in [3.8, 4) is 0 Å². The van der Waals surface area contributed by atoms with Crippen LogP contribution in [0.1, 0.15) is 38.5 Å². The Morgan fingerprint density at radius 2 is 2.25 bits per heavy atom. The maximum Gasteiger partial charge on any atom is 0.0338 e. The molecule has 0 radical (unpaired) electrons. The molecular weight excluding hydrogens is 188 g/mol. The van der Waals surface area contributed by atoms with Gasteiger partial charge in [-0.3, -0.25) is 0 Å². The van der Waals surface area contributed by atoms with Gasteiger partial charge < -0.3 is 0 Å². The lowest BCUT2D eigenvalue weighted by atomic mass is 9.86. The van der Waals surface area contributed by atoms with Crippen molar-refractivity contribution in [3.63, 3.8) is 0 Å². The minimum absolute atomic E-state index is 0.484. The Hall–Kier alpha value is 0.640. The van der Waals surface area contributed by atoms with E-state index < -0.39 is 0 Å². The SMILES string of the molecule is CSCCCC1CCCC(Cl)C1. The lowest BCUT2D eigenvalue weighted by Crippen LogP contribution is -2.15. The summed E-state index contributed by atoms with van der Waals surface area (Å²) in [5.41, 5.74) is 0. The van der Waals surface area contributed by atoms with Crippen LogP contribution in [0.5, 0.6) is 0 Å². The van der Waals surface area contributed by atoms with E-state index in [2.05, 4.69) is 6.26 Å². The lowest BCUT2D eigenvalue weighted by molar-refractivity contribution is 0.342. The number of halogens is 1. The molecule has 0 aromatic rings. The second-order valence-corrected chi connectivity index (χ2v) is 5.37. The van der Waals surface area contributed by atoms with Crippen LogP contribution in [0.4, 0.5) is 0 Å². The molecule has 0 spiro atoms. The van der Waals surface area contributed by atoms with Gasteiger partial charge in [0.25, 0.3) is 0 Å². The topological polar surface area (TPSA) is 0 Å². The van der Waals surface area contributed by atoms with E-state index in [1.54, 1.807) is 0 Å². The molecule has 12 heavy (non-hydrogen) atoms. The fourth-order valence-corrected chi connectivity index (χ4v) is 2.87. The number of alkyl halides is 1. The number of rotatable bonds is 4. The molecule has 2 unspecified atom stereocenters. The molecule has 0 aromatic carbocycles. The first-order chi connectivity index (χ1) is 5.83. The Labute approximate surface area is 85.4 Å². The van der Waals surface area contributed by atoms with Crippen LogP contribution in [0.3, 0.4) is 0 Å². The average molecular weight is 207 g/mol. The highest BCUT2D eigenvalue weighted by Crippen LogP contribution is 2.30. The maximum absolute atomic E-state index is 6.12. The Balaban J connectivity index is 2.06. The van der Waals surface area contributed by atoms with Crippen LogP contribution in [0.15, 0.2) is 0 Å². The minimum atomic E-state index is 0.484. The summed E-state index contributed by atoms with van der Waals surface area (Å²) < 4.78 is 0. The molecule has 1 saturated carbocycles. The van der Waals surface area contributed by atoms with Crippen LogP contribution >= 0.6 is 23.4 Å². The second kappa shape index (κ2) is 6.15. The monoisotopic (exact) mass is 206 g/mol. The summed E-state index contributed by atoms with van der Waals surface area (Å²) in [6.45, 7) is 0. The van der Waals surface area contributed by atoms with E-state index in [-0.39, 0.29) is 0 Å². The van der Waals surface area contributed by atoms with Crippen molar-refractivity contribution in [1.29, 1.82) is 0 Å². The molecule has 1 rings (SSSR count). The molecule has 1 fully saturated rings. The third kappa shape index (κ3) is 4.04. The van der Waals surface area contributed by atoms with Gasteiger partial charge in [0.1, 0.15) is 0 Å². The molecule has 0 aliphatic heterocycles. The van der Waals surface area contributed by atoms with Crippen molar-refractivity contribution in [2.75, 3.05) is 12.0 Å². The number of hydrogen-bond acceptors (Lipinski definition) is 1. The molecule has 0 heterocycles. The molecule has 0 aromatic heterocycles.